The molecule has 0 fully saturated rings. The van der Waals surface area contributed by atoms with Gasteiger partial charge in [-0.3, -0.25) is 9.36 Å². The number of carbonyl (C=O) groups excluding carboxylic acids is 2. The van der Waals surface area contributed by atoms with Gasteiger partial charge in [-0.15, -0.1) is 0 Å². The zero-order valence-electron chi connectivity index (χ0n) is 20.9. The summed E-state index contributed by atoms with van der Waals surface area (Å²) in [5.41, 5.74) is 1.83. The van der Waals surface area contributed by atoms with Crippen molar-refractivity contribution in [2.75, 3.05) is 14.2 Å². The second kappa shape index (κ2) is 10.7. The van der Waals surface area contributed by atoms with Crippen molar-refractivity contribution in [1.82, 2.24) is 4.57 Å². The number of rotatable bonds is 5. The van der Waals surface area contributed by atoms with Gasteiger partial charge >= 0.3 is 11.9 Å². The summed E-state index contributed by atoms with van der Waals surface area (Å²) < 4.78 is 17.5. The highest BCUT2D eigenvalue weighted by atomic mass is 35.5. The number of benzene rings is 2. The van der Waals surface area contributed by atoms with Gasteiger partial charge in [-0.1, -0.05) is 52.7 Å². The first-order valence-electron chi connectivity index (χ1n) is 11.6. The first-order valence-corrected chi connectivity index (χ1v) is 13.1. The van der Waals surface area contributed by atoms with Crippen molar-refractivity contribution in [3.8, 4) is 11.3 Å². The number of halogens is 2. The van der Waals surface area contributed by atoms with Crippen LogP contribution in [0.15, 0.2) is 80.1 Å². The average molecular weight is 583 g/mol. The number of thiazole rings is 1. The highest BCUT2D eigenvalue weighted by Gasteiger charge is 2.33. The summed E-state index contributed by atoms with van der Waals surface area (Å²) in [4.78, 5) is 43.4. The Balaban J connectivity index is 1.63. The normalized spacial score (nSPS) is 15.1. The number of esters is 2. The molecule has 5 rings (SSSR count). The van der Waals surface area contributed by atoms with Gasteiger partial charge in [-0.25, -0.2) is 14.6 Å². The average Bonchev–Trinajstić information content (AvgIpc) is 3.52. The van der Waals surface area contributed by atoms with E-state index < -0.39 is 18.0 Å². The Morgan fingerprint density at radius 1 is 1.03 bits per heavy atom. The van der Waals surface area contributed by atoms with Crippen molar-refractivity contribution in [2.24, 2.45) is 4.99 Å². The van der Waals surface area contributed by atoms with Crippen LogP contribution in [0.2, 0.25) is 10.0 Å². The molecule has 11 heteroatoms. The number of allylic oxidation sites excluding steroid dienone is 1. The number of nitrogens with zero attached hydrogens (tertiary/aromatic N) is 2. The van der Waals surface area contributed by atoms with E-state index in [9.17, 15) is 14.4 Å². The molecule has 0 bridgehead atoms. The lowest BCUT2D eigenvalue weighted by atomic mass is 9.95. The molecule has 8 nitrogen and oxygen atoms in total. The van der Waals surface area contributed by atoms with E-state index in [1.165, 1.54) is 18.8 Å². The summed E-state index contributed by atoms with van der Waals surface area (Å²) in [6.45, 7) is 1.69. The fourth-order valence-electron chi connectivity index (χ4n) is 4.33. The third-order valence-electron chi connectivity index (χ3n) is 6.19. The summed E-state index contributed by atoms with van der Waals surface area (Å²) in [6.07, 6.45) is 1.61. The Morgan fingerprint density at radius 2 is 1.74 bits per heavy atom. The molecule has 1 aliphatic rings. The smallest absolute Gasteiger partial charge is 0.338 e. The molecule has 0 spiro atoms. The Kier molecular flexibility index (Phi) is 7.31. The van der Waals surface area contributed by atoms with Crippen LogP contribution in [0.1, 0.15) is 34.6 Å². The van der Waals surface area contributed by atoms with Crippen LogP contribution in [0.4, 0.5) is 0 Å². The van der Waals surface area contributed by atoms with E-state index in [2.05, 4.69) is 4.99 Å². The molecule has 1 atom stereocenters. The lowest BCUT2D eigenvalue weighted by Crippen LogP contribution is -2.39. The van der Waals surface area contributed by atoms with Gasteiger partial charge in [0.2, 0.25) is 0 Å². The first-order chi connectivity index (χ1) is 18.7. The lowest BCUT2D eigenvalue weighted by molar-refractivity contribution is -0.136. The summed E-state index contributed by atoms with van der Waals surface area (Å²) in [6, 6.07) is 14.4. The number of ether oxygens (including phenoxy) is 2. The van der Waals surface area contributed by atoms with E-state index >= 15 is 0 Å². The van der Waals surface area contributed by atoms with Crippen molar-refractivity contribution in [2.45, 2.75) is 13.0 Å². The van der Waals surface area contributed by atoms with Gasteiger partial charge in [0, 0.05) is 11.6 Å². The maximum Gasteiger partial charge on any atom is 0.338 e. The second-order valence-electron chi connectivity index (χ2n) is 8.49. The zero-order valence-corrected chi connectivity index (χ0v) is 23.2. The highest BCUT2D eigenvalue weighted by Crippen LogP contribution is 2.34. The SMILES string of the molecule is COC(=O)C1=C(C)N=c2sc(=Cc3ccc(-c4cccc(Cl)c4Cl)o3)c(=O)n2C1c1ccc(C(=O)OC)cc1. The summed E-state index contributed by atoms with van der Waals surface area (Å²) in [5, 5.41) is 0.764. The van der Waals surface area contributed by atoms with Gasteiger partial charge in [0.1, 0.15) is 11.5 Å². The van der Waals surface area contributed by atoms with Crippen molar-refractivity contribution in [3.05, 3.63) is 112 Å². The van der Waals surface area contributed by atoms with Crippen LogP contribution < -0.4 is 14.9 Å². The molecule has 1 unspecified atom stereocenters. The van der Waals surface area contributed by atoms with Gasteiger partial charge in [-0.05, 0) is 48.9 Å². The second-order valence-corrected chi connectivity index (χ2v) is 10.3. The molecular weight excluding hydrogens is 563 g/mol. The minimum atomic E-state index is -0.819. The van der Waals surface area contributed by atoms with Crippen LogP contribution >= 0.6 is 34.5 Å². The Morgan fingerprint density at radius 3 is 2.44 bits per heavy atom. The molecule has 39 heavy (non-hydrogen) atoms. The third-order valence-corrected chi connectivity index (χ3v) is 7.99. The fourth-order valence-corrected chi connectivity index (χ4v) is 5.75. The van der Waals surface area contributed by atoms with Gasteiger partial charge < -0.3 is 13.9 Å². The van der Waals surface area contributed by atoms with E-state index in [0.717, 1.165) is 11.3 Å². The van der Waals surface area contributed by atoms with Crippen molar-refractivity contribution >= 4 is 52.6 Å². The van der Waals surface area contributed by atoms with Crippen molar-refractivity contribution in [3.63, 3.8) is 0 Å². The molecule has 0 saturated heterocycles. The molecule has 0 radical (unpaired) electrons. The van der Waals surface area contributed by atoms with Crippen LogP contribution in [0.5, 0.6) is 0 Å². The van der Waals surface area contributed by atoms with E-state index in [1.54, 1.807) is 67.6 Å². The van der Waals surface area contributed by atoms with Crippen LogP contribution in [0.25, 0.3) is 17.4 Å². The van der Waals surface area contributed by atoms with Crippen LogP contribution in [-0.2, 0) is 14.3 Å². The van der Waals surface area contributed by atoms with Gasteiger partial charge in [-0.2, -0.15) is 0 Å². The number of methoxy groups -OCH3 is 2. The maximum atomic E-state index is 13.7. The monoisotopic (exact) mass is 582 g/mol. The molecule has 0 saturated carbocycles. The van der Waals surface area contributed by atoms with E-state index in [-0.39, 0.29) is 11.1 Å². The number of hydrogen-bond donors (Lipinski definition) is 0. The number of hydrogen-bond acceptors (Lipinski definition) is 8. The van der Waals surface area contributed by atoms with E-state index in [4.69, 9.17) is 37.1 Å². The highest BCUT2D eigenvalue weighted by molar-refractivity contribution is 7.07. The minimum absolute atomic E-state index is 0.221. The maximum absolute atomic E-state index is 13.7. The molecule has 0 aliphatic carbocycles. The Bertz CT molecular complexity index is 1830. The van der Waals surface area contributed by atoms with Gasteiger partial charge in [0.15, 0.2) is 4.80 Å². The minimum Gasteiger partial charge on any atom is -0.466 e. The molecule has 3 heterocycles. The fraction of sp³-hybridized carbons (Fsp3) is 0.143. The van der Waals surface area contributed by atoms with Crippen LogP contribution in [0, 0.1) is 0 Å². The zero-order chi connectivity index (χ0) is 27.8. The van der Waals surface area contributed by atoms with Crippen LogP contribution in [0.3, 0.4) is 0 Å². The molecule has 0 N–H and O–H groups in total. The Labute approximate surface area is 236 Å². The van der Waals surface area contributed by atoms with Gasteiger partial charge in [0.05, 0.1) is 51.7 Å². The van der Waals surface area contributed by atoms with Crippen LogP contribution in [-0.4, -0.2) is 30.7 Å². The quantitative estimate of drug-likeness (QED) is 0.314. The summed E-state index contributed by atoms with van der Waals surface area (Å²) >= 11 is 13.6. The predicted octanol–water partition coefficient (Wildman–Crippen LogP) is 4.76. The summed E-state index contributed by atoms with van der Waals surface area (Å²) in [7, 11) is 2.56. The lowest BCUT2D eigenvalue weighted by Gasteiger charge is -2.24. The van der Waals surface area contributed by atoms with E-state index in [0.29, 0.717) is 53.3 Å². The molecule has 1 aliphatic heterocycles. The predicted molar refractivity (Wildman–Crippen MR) is 148 cm³/mol. The molecule has 2 aromatic heterocycles. The van der Waals surface area contributed by atoms with Crippen molar-refractivity contribution < 1.29 is 23.5 Å². The van der Waals surface area contributed by atoms with Gasteiger partial charge in [0.25, 0.3) is 5.56 Å². The van der Waals surface area contributed by atoms with E-state index in [1.807, 2.05) is 0 Å². The third kappa shape index (κ3) is 4.85. The first kappa shape index (κ1) is 26.7. The standard InChI is InChI=1S/C28H20Cl2N2O6S/c1-14-22(27(35)37-3)24(15-7-9-16(10-8-15)26(34)36-2)32-25(33)21(39-28(32)31-14)13-17-11-12-20(38-17)18-5-4-6-19(29)23(18)30/h4-13,24H,1-3H3. The topological polar surface area (TPSA) is 100 Å². The number of carbonyl (C=O) groups is 2. The molecule has 4 aromatic rings. The number of fused-ring (bicyclic) bond motifs is 1. The van der Waals surface area contributed by atoms with Crippen molar-refractivity contribution in [1.29, 1.82) is 0 Å². The molecular formula is C28H20Cl2N2O6S. The largest absolute Gasteiger partial charge is 0.466 e. The number of aromatic nitrogens is 1. The number of furan rings is 1. The Hall–Kier alpha value is -3.92. The molecule has 2 aromatic carbocycles. The molecule has 198 valence electrons. The summed E-state index contributed by atoms with van der Waals surface area (Å²) in [5.74, 6) is -0.188. The molecule has 0 amide bonds.